The molecule has 1 aromatic heterocycles. The predicted octanol–water partition coefficient (Wildman–Crippen LogP) is -0.167. The van der Waals surface area contributed by atoms with Crippen LogP contribution in [0.3, 0.4) is 0 Å². The minimum atomic E-state index is -1.90. The molecule has 7 rings (SSSR count). The molecule has 0 bridgehead atoms. The second kappa shape index (κ2) is 26.4. The van der Waals surface area contributed by atoms with E-state index in [0.29, 0.717) is 22.3 Å². The van der Waals surface area contributed by atoms with E-state index >= 15 is 14.4 Å². The number of amides is 7. The Kier molecular flexibility index (Phi) is 19.9. The van der Waals surface area contributed by atoms with Crippen LogP contribution in [0, 0.1) is 34.1 Å². The van der Waals surface area contributed by atoms with Crippen LogP contribution < -0.4 is 42.4 Å². The molecule has 17 atom stereocenters. The lowest BCUT2D eigenvalue weighted by Crippen LogP contribution is -3.06. The topological polar surface area (TPSA) is 342 Å². The predicted molar refractivity (Wildman–Crippen MR) is 281 cm³/mol. The summed E-state index contributed by atoms with van der Waals surface area (Å²) in [4.78, 5) is 119. The number of hydrogen-bond acceptors (Lipinski definition) is 14. The van der Waals surface area contributed by atoms with Crippen molar-refractivity contribution in [2.75, 3.05) is 6.54 Å². The highest BCUT2D eigenvalue weighted by Crippen LogP contribution is 2.34. The molecule has 17 unspecified atom stereocenters. The highest BCUT2D eigenvalue weighted by Gasteiger charge is 2.50. The Morgan fingerprint density at radius 2 is 1.43 bits per heavy atom. The number of quaternary nitrogens is 2. The van der Waals surface area contributed by atoms with E-state index in [2.05, 4.69) is 31.9 Å². The molecule has 2 aliphatic heterocycles. The number of aromatic nitrogens is 1. The third-order valence-corrected chi connectivity index (χ3v) is 15.9. The van der Waals surface area contributed by atoms with Gasteiger partial charge >= 0.3 is 5.97 Å². The Morgan fingerprint density at radius 1 is 0.823 bits per heavy atom. The number of carbonyl (C=O) groups is 8. The van der Waals surface area contributed by atoms with E-state index in [1.54, 1.807) is 87.5 Å². The van der Waals surface area contributed by atoms with Crippen molar-refractivity contribution in [3.8, 4) is 0 Å². The summed E-state index contributed by atoms with van der Waals surface area (Å²) in [7, 11) is 0. The normalized spacial score (nSPS) is 29.9. The molecule has 3 heterocycles. The van der Waals surface area contributed by atoms with E-state index in [1.807, 2.05) is 13.0 Å². The summed E-state index contributed by atoms with van der Waals surface area (Å²) in [5.41, 5.74) is 0.774. The number of rotatable bonds is 17. The summed E-state index contributed by atoms with van der Waals surface area (Å²) in [6.07, 6.45) is 2.20. The van der Waals surface area contributed by atoms with Crippen molar-refractivity contribution >= 4 is 58.9 Å². The zero-order valence-corrected chi connectivity index (χ0v) is 45.3. The van der Waals surface area contributed by atoms with E-state index in [4.69, 9.17) is 16.3 Å². The zero-order valence-electron chi connectivity index (χ0n) is 44.5. The number of benzene rings is 2. The molecule has 2 aliphatic carbocycles. The summed E-state index contributed by atoms with van der Waals surface area (Å²) in [6, 6.07) is 7.46. The summed E-state index contributed by atoms with van der Waals surface area (Å²) >= 11 is 5.99. The fourth-order valence-corrected chi connectivity index (χ4v) is 10.7. The maximum absolute atomic E-state index is 15.2. The van der Waals surface area contributed by atoms with E-state index in [1.165, 1.54) is 24.0 Å². The second-order valence-corrected chi connectivity index (χ2v) is 21.6. The molecule has 2 aromatic carbocycles. The first-order valence-corrected chi connectivity index (χ1v) is 27.1. The molecule has 4 aliphatic rings. The Bertz CT molecular complexity index is 2710. The average molecular weight is 1120 g/mol. The summed E-state index contributed by atoms with van der Waals surface area (Å²) < 4.78 is 6.45. The van der Waals surface area contributed by atoms with E-state index < -0.39 is 142 Å². The first-order chi connectivity index (χ1) is 37.6. The van der Waals surface area contributed by atoms with Crippen LogP contribution in [0.1, 0.15) is 101 Å². The molecule has 11 N–H and O–H groups in total. The van der Waals surface area contributed by atoms with Crippen LogP contribution in [0.2, 0.25) is 5.15 Å². The fraction of sp³-hybridized carbons (Fsp3) is 0.519. The molecule has 3 aromatic rings. The Labute approximate surface area is 461 Å². The van der Waals surface area contributed by atoms with Gasteiger partial charge in [-0.15, -0.1) is 0 Å². The SMILES string of the molecule is CC=CC1CC2C(=O)OC(C)C(NC(=O)C(CC3CC3[NH+]([O-])O)NC(=O)c3ccc(Cl)n3O)C(=O)NC(C(C)c3ccccc3)C(=O)NC(CC3CC3[NH+]([O-])O)C(=O)NC(Cc3ccccc3)C(=O)NC(C(C)CC)C(=O)N2C1. The van der Waals surface area contributed by atoms with Gasteiger partial charge < -0.3 is 57.2 Å². The van der Waals surface area contributed by atoms with Gasteiger partial charge in [0.15, 0.2) is 0 Å². The van der Waals surface area contributed by atoms with Gasteiger partial charge in [-0.1, -0.05) is 112 Å². The van der Waals surface area contributed by atoms with Crippen molar-refractivity contribution in [1.29, 1.82) is 0 Å². The highest BCUT2D eigenvalue weighted by atomic mass is 35.5. The Hall–Kier alpha value is -6.93. The third-order valence-electron chi connectivity index (χ3n) is 15.7. The number of hydrogen-bond donors (Lipinski definition) is 11. The van der Waals surface area contributed by atoms with Gasteiger partial charge in [0.25, 0.3) is 5.91 Å². The standard InChI is InChI=1S/C54H71ClN10O14/c1-6-14-32-22-42-54(73)79-30(5)46(61-49(68)38(24-35-26-41(35)65(77)78)57-50(69)39-19-20-43(55)63(39)74)52(71)60-45(29(4)33-17-12-9-13-18-33)51(70)58-37(23-34-25-40(34)64(75)76)47(66)56-36(21-31-15-10-8-11-16-31)48(67)59-44(28(3)7-2)53(72)62(42)27-32/h6,8-20,28-30,32,34-38,40-42,44-46,64-65,74-75,77H,7,21-27H2,1-5H3,(H,56,66)(H,57,69)(H,58,70)(H,59,67)(H,60,71)(H,61,68). The minimum Gasteiger partial charge on any atom is -0.600 e. The smallest absolute Gasteiger partial charge is 0.329 e. The van der Waals surface area contributed by atoms with Crippen LogP contribution in [0.4, 0.5) is 0 Å². The number of allylic oxidation sites excluding steroid dienone is 1. The van der Waals surface area contributed by atoms with Crippen molar-refractivity contribution in [2.24, 2.45) is 23.7 Å². The minimum absolute atomic E-state index is 0.0142. The number of nitrogens with one attached hydrogen (secondary N) is 8. The number of fused-ring (bicyclic) bond motifs is 1. The van der Waals surface area contributed by atoms with Gasteiger partial charge in [0.2, 0.25) is 35.4 Å². The molecule has 2 saturated heterocycles. The van der Waals surface area contributed by atoms with Crippen molar-refractivity contribution in [3.05, 3.63) is 117 Å². The van der Waals surface area contributed by atoms with Gasteiger partial charge in [-0.05, 0) is 68.2 Å². The molecule has 0 radical (unpaired) electrons. The molecule has 7 amide bonds. The number of nitrogens with zero attached hydrogens (tertiary/aromatic N) is 2. The quantitative estimate of drug-likeness (QED) is 0.0362. The van der Waals surface area contributed by atoms with Crippen LogP contribution in [-0.2, 0) is 44.7 Å². The lowest BCUT2D eigenvalue weighted by Gasteiger charge is -2.33. The van der Waals surface area contributed by atoms with Crippen molar-refractivity contribution in [3.63, 3.8) is 0 Å². The van der Waals surface area contributed by atoms with Crippen LogP contribution in [-0.4, -0.2) is 140 Å². The molecular weight excluding hydrogens is 1050 g/mol. The number of hydroxylamine groups is 4. The van der Waals surface area contributed by atoms with Gasteiger partial charge in [0.1, 0.15) is 71.3 Å². The Morgan fingerprint density at radius 3 is 2.03 bits per heavy atom. The maximum atomic E-state index is 15.2. The molecule has 428 valence electrons. The number of halogens is 1. The van der Waals surface area contributed by atoms with Crippen LogP contribution in [0.5, 0.6) is 0 Å². The monoisotopic (exact) mass is 1120 g/mol. The third kappa shape index (κ3) is 14.9. The fourth-order valence-electron chi connectivity index (χ4n) is 10.5. The van der Waals surface area contributed by atoms with E-state index in [9.17, 15) is 50.0 Å². The molecule has 0 spiro atoms. The largest absolute Gasteiger partial charge is 0.600 e. The number of carbonyl (C=O) groups excluding carboxylic acids is 8. The van der Waals surface area contributed by atoms with Crippen molar-refractivity contribution in [1.82, 2.24) is 41.5 Å². The summed E-state index contributed by atoms with van der Waals surface area (Å²) in [6.45, 7) is 8.26. The first kappa shape index (κ1) is 59.7. The van der Waals surface area contributed by atoms with Gasteiger partial charge in [-0.25, -0.2) is 25.7 Å². The first-order valence-electron chi connectivity index (χ1n) is 26.7. The second-order valence-electron chi connectivity index (χ2n) is 21.3. The zero-order chi connectivity index (χ0) is 57.4. The van der Waals surface area contributed by atoms with Crippen LogP contribution >= 0.6 is 11.6 Å². The number of esters is 1. The molecule has 4 fully saturated rings. The molecular formula is C54H71ClN10O14. The molecule has 2 saturated carbocycles. The summed E-state index contributed by atoms with van der Waals surface area (Å²) in [5.74, 6) is -10.3. The highest BCUT2D eigenvalue weighted by molar-refractivity contribution is 6.30. The van der Waals surface area contributed by atoms with Crippen LogP contribution in [0.25, 0.3) is 0 Å². The average Bonchev–Trinajstić information content (AvgIpc) is 4.35. The molecule has 24 nitrogen and oxygen atoms in total. The molecule has 79 heavy (non-hydrogen) atoms. The maximum Gasteiger partial charge on any atom is 0.329 e. The van der Waals surface area contributed by atoms with Crippen LogP contribution in [0.15, 0.2) is 84.9 Å². The summed E-state index contributed by atoms with van der Waals surface area (Å²) in [5, 5.41) is 68.0. The van der Waals surface area contributed by atoms with Gasteiger partial charge in [0.05, 0.1) is 0 Å². The van der Waals surface area contributed by atoms with Gasteiger partial charge in [-0.3, -0.25) is 33.6 Å². The lowest BCUT2D eigenvalue weighted by atomic mass is 9.91. The molecule has 25 heteroatoms. The number of cyclic esters (lactones) is 1. The number of ether oxygens (including phenoxy) is 1. The van der Waals surface area contributed by atoms with Gasteiger partial charge in [0, 0.05) is 43.6 Å². The van der Waals surface area contributed by atoms with E-state index in [-0.39, 0.29) is 61.8 Å². The lowest BCUT2D eigenvalue weighted by molar-refractivity contribution is -1.06. The van der Waals surface area contributed by atoms with Crippen molar-refractivity contribution < 1.29 is 69.2 Å². The Balaban J connectivity index is 1.32. The van der Waals surface area contributed by atoms with E-state index in [0.717, 1.165) is 0 Å². The van der Waals surface area contributed by atoms with Gasteiger partial charge in [-0.2, -0.15) is 4.73 Å². The van der Waals surface area contributed by atoms with Crippen molar-refractivity contribution in [2.45, 2.75) is 146 Å².